The zero-order chi connectivity index (χ0) is 9.76. The highest BCUT2D eigenvalue weighted by Crippen LogP contribution is 2.54. The monoisotopic (exact) mass is 190 g/mol. The van der Waals surface area contributed by atoms with Gasteiger partial charge in [-0.2, -0.15) is 0 Å². The first-order chi connectivity index (χ1) is 6.74. The van der Waals surface area contributed by atoms with Gasteiger partial charge < -0.3 is 9.84 Å². The van der Waals surface area contributed by atoms with Crippen LogP contribution < -0.4 is 0 Å². The summed E-state index contributed by atoms with van der Waals surface area (Å²) < 4.78 is 5.59. The fraction of sp³-hybridized carbons (Fsp3) is 0.364. The summed E-state index contributed by atoms with van der Waals surface area (Å²) in [5, 5.41) is 9.21. The quantitative estimate of drug-likeness (QED) is 0.734. The number of rotatable bonds is 1. The van der Waals surface area contributed by atoms with Crippen molar-refractivity contribution in [3.8, 4) is 0 Å². The predicted molar refractivity (Wildman–Crippen MR) is 48.8 cm³/mol. The van der Waals surface area contributed by atoms with Crippen molar-refractivity contribution in [2.45, 2.75) is 24.5 Å². The highest BCUT2D eigenvalue weighted by molar-refractivity contribution is 5.82. The third-order valence-electron chi connectivity index (χ3n) is 3.19. The van der Waals surface area contributed by atoms with Crippen LogP contribution in [0.2, 0.25) is 0 Å². The molecule has 0 spiro atoms. The van der Waals surface area contributed by atoms with E-state index in [4.69, 9.17) is 4.74 Å². The van der Waals surface area contributed by atoms with Crippen LogP contribution >= 0.6 is 0 Å². The third kappa shape index (κ3) is 0.738. The molecular formula is C11H10O3. The van der Waals surface area contributed by atoms with Gasteiger partial charge in [0.2, 0.25) is 0 Å². The molecule has 3 nitrogen and oxygen atoms in total. The predicted octanol–water partition coefficient (Wildman–Crippen LogP) is 1.83. The summed E-state index contributed by atoms with van der Waals surface area (Å²) in [5.74, 6) is -0.857. The van der Waals surface area contributed by atoms with Crippen molar-refractivity contribution in [2.24, 2.45) is 0 Å². The lowest BCUT2D eigenvalue weighted by Crippen LogP contribution is -2.32. The van der Waals surface area contributed by atoms with Crippen molar-refractivity contribution >= 4 is 5.97 Å². The molecule has 3 heteroatoms. The van der Waals surface area contributed by atoms with Crippen LogP contribution in [0.3, 0.4) is 0 Å². The Morgan fingerprint density at radius 2 is 2.29 bits per heavy atom. The number of carboxylic acid groups (broad SMARTS) is 1. The fourth-order valence-electron chi connectivity index (χ4n) is 2.53. The minimum Gasteiger partial charge on any atom is -0.479 e. The molecule has 2 bridgehead atoms. The molecule has 72 valence electrons. The first-order valence-electron chi connectivity index (χ1n) is 4.75. The maximum Gasteiger partial charge on any atom is 0.340 e. The van der Waals surface area contributed by atoms with E-state index >= 15 is 0 Å². The molecule has 0 aromatic heterocycles. The minimum atomic E-state index is -1.04. The Kier molecular flexibility index (Phi) is 1.35. The molecular weight excluding hydrogens is 180 g/mol. The van der Waals surface area contributed by atoms with Crippen LogP contribution in [0.15, 0.2) is 24.3 Å². The van der Waals surface area contributed by atoms with Crippen LogP contribution in [-0.4, -0.2) is 11.1 Å². The lowest BCUT2D eigenvalue weighted by molar-refractivity contribution is -0.162. The molecule has 1 aromatic carbocycles. The molecule has 2 aliphatic rings. The van der Waals surface area contributed by atoms with E-state index in [1.165, 1.54) is 0 Å². The molecule has 1 saturated heterocycles. The van der Waals surface area contributed by atoms with E-state index in [0.29, 0.717) is 6.42 Å². The molecule has 14 heavy (non-hydrogen) atoms. The van der Waals surface area contributed by atoms with Gasteiger partial charge in [0.25, 0.3) is 0 Å². The van der Waals surface area contributed by atoms with E-state index in [-0.39, 0.29) is 6.10 Å². The van der Waals surface area contributed by atoms with Gasteiger partial charge in [0.05, 0.1) is 6.10 Å². The Labute approximate surface area is 81.3 Å². The summed E-state index contributed by atoms with van der Waals surface area (Å²) in [6, 6.07) is 7.62. The van der Waals surface area contributed by atoms with E-state index in [1.807, 2.05) is 24.3 Å². The van der Waals surface area contributed by atoms with Crippen molar-refractivity contribution in [2.75, 3.05) is 0 Å². The van der Waals surface area contributed by atoms with Crippen molar-refractivity contribution in [3.63, 3.8) is 0 Å². The van der Waals surface area contributed by atoms with Gasteiger partial charge in [-0.05, 0) is 18.4 Å². The number of carbonyl (C=O) groups is 1. The Hall–Kier alpha value is -1.35. The zero-order valence-electron chi connectivity index (χ0n) is 7.56. The smallest absolute Gasteiger partial charge is 0.340 e. The molecule has 1 aromatic rings. The molecule has 2 aliphatic heterocycles. The lowest BCUT2D eigenvalue weighted by atomic mass is 9.82. The summed E-state index contributed by atoms with van der Waals surface area (Å²) in [4.78, 5) is 11.2. The molecule has 1 fully saturated rings. The number of hydrogen-bond donors (Lipinski definition) is 1. The maximum atomic E-state index is 11.2. The molecule has 2 atom stereocenters. The summed E-state index contributed by atoms with van der Waals surface area (Å²) in [6.45, 7) is 0. The van der Waals surface area contributed by atoms with E-state index in [2.05, 4.69) is 0 Å². The SMILES string of the molecule is O=C(O)[C@]12CC[C@@H](O1)c1ccccc12. The summed E-state index contributed by atoms with van der Waals surface area (Å²) in [5.41, 5.74) is 0.867. The molecule has 1 N–H and O–H groups in total. The highest BCUT2D eigenvalue weighted by atomic mass is 16.5. The van der Waals surface area contributed by atoms with Gasteiger partial charge >= 0.3 is 5.97 Å². The fourth-order valence-corrected chi connectivity index (χ4v) is 2.53. The lowest BCUT2D eigenvalue weighted by Gasteiger charge is -2.20. The first-order valence-corrected chi connectivity index (χ1v) is 4.75. The molecule has 0 amide bonds. The van der Waals surface area contributed by atoms with E-state index in [1.54, 1.807) is 0 Å². The standard InChI is InChI=1S/C11H10O3/c12-10(13)11-6-5-9(14-11)7-3-1-2-4-8(7)11/h1-4,9H,5-6H2,(H,12,13)/t9-,11-/m1/s1. The number of ether oxygens (including phenoxy) is 1. The third-order valence-corrected chi connectivity index (χ3v) is 3.19. The number of aliphatic carboxylic acids is 1. The summed E-state index contributed by atoms with van der Waals surface area (Å²) >= 11 is 0. The van der Waals surface area contributed by atoms with Crippen LogP contribution in [0.5, 0.6) is 0 Å². The van der Waals surface area contributed by atoms with Gasteiger partial charge in [-0.25, -0.2) is 4.79 Å². The Bertz CT molecular complexity index is 413. The molecule has 0 radical (unpaired) electrons. The van der Waals surface area contributed by atoms with Crippen molar-refractivity contribution in [1.82, 2.24) is 0 Å². The topological polar surface area (TPSA) is 46.5 Å². The zero-order valence-corrected chi connectivity index (χ0v) is 7.56. The van der Waals surface area contributed by atoms with Crippen LogP contribution in [0.4, 0.5) is 0 Å². The number of fused-ring (bicyclic) bond motifs is 5. The van der Waals surface area contributed by atoms with E-state index in [9.17, 15) is 9.90 Å². The average molecular weight is 190 g/mol. The van der Waals surface area contributed by atoms with Gasteiger partial charge in [-0.1, -0.05) is 24.3 Å². The van der Waals surface area contributed by atoms with Crippen LogP contribution in [0.25, 0.3) is 0 Å². The van der Waals surface area contributed by atoms with Gasteiger partial charge in [0.1, 0.15) is 0 Å². The maximum absolute atomic E-state index is 11.2. The van der Waals surface area contributed by atoms with Crippen LogP contribution in [0, 0.1) is 0 Å². The van der Waals surface area contributed by atoms with Crippen LogP contribution in [0.1, 0.15) is 30.1 Å². The van der Waals surface area contributed by atoms with Gasteiger partial charge in [0, 0.05) is 5.56 Å². The van der Waals surface area contributed by atoms with Gasteiger partial charge in [-0.3, -0.25) is 0 Å². The first kappa shape index (κ1) is 8.00. The van der Waals surface area contributed by atoms with Crippen LogP contribution in [-0.2, 0) is 15.1 Å². The average Bonchev–Trinajstić information content (AvgIpc) is 2.75. The highest BCUT2D eigenvalue weighted by Gasteiger charge is 2.55. The van der Waals surface area contributed by atoms with Crippen molar-refractivity contribution in [1.29, 1.82) is 0 Å². The normalized spacial score (nSPS) is 33.0. The Morgan fingerprint density at radius 1 is 1.50 bits per heavy atom. The number of hydrogen-bond acceptors (Lipinski definition) is 2. The second kappa shape index (κ2) is 2.36. The number of benzene rings is 1. The Morgan fingerprint density at radius 3 is 3.07 bits per heavy atom. The molecule has 0 saturated carbocycles. The van der Waals surface area contributed by atoms with Crippen molar-refractivity contribution in [3.05, 3.63) is 35.4 Å². The second-order valence-electron chi connectivity index (χ2n) is 3.86. The van der Waals surface area contributed by atoms with Crippen molar-refractivity contribution < 1.29 is 14.6 Å². The van der Waals surface area contributed by atoms with E-state index in [0.717, 1.165) is 17.5 Å². The van der Waals surface area contributed by atoms with Gasteiger partial charge in [0.15, 0.2) is 5.60 Å². The number of carboxylic acids is 1. The molecule has 0 aliphatic carbocycles. The molecule has 2 heterocycles. The summed E-state index contributed by atoms with van der Waals surface area (Å²) in [7, 11) is 0. The second-order valence-corrected chi connectivity index (χ2v) is 3.86. The molecule has 3 rings (SSSR count). The largest absolute Gasteiger partial charge is 0.479 e. The van der Waals surface area contributed by atoms with Gasteiger partial charge in [-0.15, -0.1) is 0 Å². The molecule has 0 unspecified atom stereocenters. The minimum absolute atomic E-state index is 0.00213. The Balaban J connectivity index is 2.24. The van der Waals surface area contributed by atoms with E-state index < -0.39 is 11.6 Å². The summed E-state index contributed by atoms with van der Waals surface area (Å²) in [6.07, 6.45) is 1.43.